The van der Waals surface area contributed by atoms with Crippen LogP contribution in [0.25, 0.3) is 0 Å². The van der Waals surface area contributed by atoms with Crippen molar-refractivity contribution in [3.63, 3.8) is 0 Å². The number of aliphatic hydroxyl groups excluding tert-OH is 4. The topological polar surface area (TPSA) is 166 Å². The summed E-state index contributed by atoms with van der Waals surface area (Å²) < 4.78 is 39.1. The average molecular weight is 375 g/mol. The van der Waals surface area contributed by atoms with Gasteiger partial charge in [0.2, 0.25) is 0 Å². The summed E-state index contributed by atoms with van der Waals surface area (Å²) in [5.74, 6) is -0.297. The molecule has 0 bridgehead atoms. The molecular formula is C11H21NO9S2. The number of thioether (sulfide) groups is 1. The number of nitrogens with zero attached hydrogens (tertiary/aromatic N) is 1. The van der Waals surface area contributed by atoms with Crippen molar-refractivity contribution in [2.45, 2.75) is 50.1 Å². The van der Waals surface area contributed by atoms with Gasteiger partial charge in [0.1, 0.15) is 34.9 Å². The fraction of sp³-hybridized carbons (Fsp3) is 0.909. The maximum Gasteiger partial charge on any atom is 0.466 e. The molecule has 0 aromatic heterocycles. The summed E-state index contributed by atoms with van der Waals surface area (Å²) in [6.45, 7) is 2.91. The first-order valence-electron chi connectivity index (χ1n) is 6.81. The molecule has 5 N–H and O–H groups in total. The van der Waals surface area contributed by atoms with Crippen molar-refractivity contribution in [3.8, 4) is 0 Å². The van der Waals surface area contributed by atoms with Gasteiger partial charge in [0.25, 0.3) is 0 Å². The van der Waals surface area contributed by atoms with E-state index in [2.05, 4.69) is 9.44 Å². The van der Waals surface area contributed by atoms with Crippen molar-refractivity contribution in [1.29, 1.82) is 0 Å². The lowest BCUT2D eigenvalue weighted by Gasteiger charge is -2.39. The predicted octanol–water partition coefficient (Wildman–Crippen LogP) is -1.30. The molecule has 1 heterocycles. The van der Waals surface area contributed by atoms with E-state index in [0.29, 0.717) is 6.42 Å². The van der Waals surface area contributed by atoms with Gasteiger partial charge in [-0.05, 0) is 6.42 Å². The fourth-order valence-electron chi connectivity index (χ4n) is 1.77. The van der Waals surface area contributed by atoms with Crippen molar-refractivity contribution in [1.82, 2.24) is 0 Å². The predicted molar refractivity (Wildman–Crippen MR) is 80.9 cm³/mol. The summed E-state index contributed by atoms with van der Waals surface area (Å²) >= 11 is 0.767. The van der Waals surface area contributed by atoms with Gasteiger partial charge >= 0.3 is 10.4 Å². The molecule has 12 heteroatoms. The van der Waals surface area contributed by atoms with Gasteiger partial charge in [-0.2, -0.15) is 8.42 Å². The molecule has 0 aromatic rings. The Morgan fingerprint density at radius 1 is 1.30 bits per heavy atom. The van der Waals surface area contributed by atoms with E-state index in [4.69, 9.17) is 14.4 Å². The van der Waals surface area contributed by atoms with E-state index >= 15 is 0 Å². The lowest BCUT2D eigenvalue weighted by molar-refractivity contribution is -0.205. The van der Waals surface area contributed by atoms with Crippen LogP contribution in [0, 0.1) is 5.92 Å². The second-order valence-electron chi connectivity index (χ2n) is 5.06. The minimum Gasteiger partial charge on any atom is -0.394 e. The molecule has 0 aromatic carbocycles. The molecule has 0 radical (unpaired) electrons. The van der Waals surface area contributed by atoms with E-state index in [1.165, 1.54) is 0 Å². The van der Waals surface area contributed by atoms with Gasteiger partial charge in [-0.3, -0.25) is 4.55 Å². The van der Waals surface area contributed by atoms with Crippen LogP contribution in [-0.4, -0.2) is 74.9 Å². The SMILES string of the molecule is CCC(C)C(=NOS(=O)(=O)O)S[C@@H]1O[C@H](CO)[C@@H](O)[C@H](O)[C@H]1O. The first-order chi connectivity index (χ1) is 10.6. The first-order valence-corrected chi connectivity index (χ1v) is 9.06. The highest BCUT2D eigenvalue weighted by molar-refractivity contribution is 8.14. The Hall–Kier alpha value is -0.470. The lowest BCUT2D eigenvalue weighted by atomic mass is 10.0. The first kappa shape index (κ1) is 20.6. The monoisotopic (exact) mass is 375 g/mol. The molecule has 10 nitrogen and oxygen atoms in total. The van der Waals surface area contributed by atoms with Crippen molar-refractivity contribution in [2.75, 3.05) is 6.61 Å². The van der Waals surface area contributed by atoms with Crippen LogP contribution in [0.1, 0.15) is 20.3 Å². The molecule has 1 unspecified atom stereocenters. The van der Waals surface area contributed by atoms with E-state index < -0.39 is 46.9 Å². The van der Waals surface area contributed by atoms with Crippen molar-refractivity contribution in [3.05, 3.63) is 0 Å². The van der Waals surface area contributed by atoms with Gasteiger partial charge in [0, 0.05) is 5.92 Å². The van der Waals surface area contributed by atoms with E-state index in [1.807, 2.05) is 0 Å². The van der Waals surface area contributed by atoms with E-state index in [0.717, 1.165) is 11.8 Å². The second-order valence-corrected chi connectivity index (χ2v) is 7.18. The van der Waals surface area contributed by atoms with Crippen LogP contribution in [-0.2, 0) is 19.4 Å². The smallest absolute Gasteiger partial charge is 0.394 e. The molecule has 0 saturated carbocycles. The zero-order valence-corrected chi connectivity index (χ0v) is 14.1. The van der Waals surface area contributed by atoms with Crippen LogP contribution in [0.3, 0.4) is 0 Å². The van der Waals surface area contributed by atoms with E-state index in [-0.39, 0.29) is 11.0 Å². The molecule has 0 amide bonds. The van der Waals surface area contributed by atoms with Gasteiger partial charge in [-0.1, -0.05) is 30.8 Å². The molecule has 0 aliphatic carbocycles. The van der Waals surface area contributed by atoms with E-state index in [9.17, 15) is 23.7 Å². The third-order valence-corrected chi connectivity index (χ3v) is 4.94. The largest absolute Gasteiger partial charge is 0.466 e. The maximum atomic E-state index is 10.6. The summed E-state index contributed by atoms with van der Waals surface area (Å²) in [7, 11) is -4.78. The summed E-state index contributed by atoms with van der Waals surface area (Å²) in [6, 6.07) is 0. The number of hydrogen-bond acceptors (Lipinski definition) is 10. The minimum atomic E-state index is -4.78. The zero-order valence-electron chi connectivity index (χ0n) is 12.5. The summed E-state index contributed by atoms with van der Waals surface area (Å²) in [5.41, 5.74) is -1.12. The van der Waals surface area contributed by atoms with Crippen molar-refractivity contribution >= 4 is 27.2 Å². The highest BCUT2D eigenvalue weighted by Gasteiger charge is 2.44. The summed E-state index contributed by atoms with van der Waals surface area (Å²) in [5, 5.41) is 41.9. The van der Waals surface area contributed by atoms with Crippen LogP contribution in [0.5, 0.6) is 0 Å². The Kier molecular flexibility index (Phi) is 7.67. The lowest BCUT2D eigenvalue weighted by Crippen LogP contribution is -2.57. The number of aliphatic hydroxyl groups is 4. The van der Waals surface area contributed by atoms with Gasteiger partial charge in [-0.15, -0.1) is 0 Å². The van der Waals surface area contributed by atoms with Gasteiger partial charge in [0.05, 0.1) is 6.61 Å². The van der Waals surface area contributed by atoms with Crippen LogP contribution in [0.2, 0.25) is 0 Å². The Bertz CT molecular complexity index is 510. The minimum absolute atomic E-state index is 0.0921. The molecule has 23 heavy (non-hydrogen) atoms. The van der Waals surface area contributed by atoms with Crippen LogP contribution in [0.15, 0.2) is 5.16 Å². The molecule has 1 aliphatic heterocycles. The van der Waals surface area contributed by atoms with Crippen LogP contribution < -0.4 is 0 Å². The second kappa shape index (κ2) is 8.58. The molecule has 136 valence electrons. The van der Waals surface area contributed by atoms with Gasteiger partial charge in [-0.25, -0.2) is 4.28 Å². The highest BCUT2D eigenvalue weighted by Crippen LogP contribution is 2.31. The Labute approximate surface area is 138 Å². The normalized spacial score (nSPS) is 34.2. The fourth-order valence-corrected chi connectivity index (χ4v) is 3.21. The molecule has 1 fully saturated rings. The maximum absolute atomic E-state index is 10.6. The quantitative estimate of drug-likeness (QED) is 0.163. The number of rotatable bonds is 6. The highest BCUT2D eigenvalue weighted by atomic mass is 32.3. The molecule has 0 spiro atoms. The Morgan fingerprint density at radius 3 is 2.39 bits per heavy atom. The zero-order chi connectivity index (χ0) is 17.8. The summed E-state index contributed by atoms with van der Waals surface area (Å²) in [4.78, 5) is 0. The molecule has 1 rings (SSSR count). The number of ether oxygens (including phenoxy) is 1. The van der Waals surface area contributed by atoms with Gasteiger partial charge in [0.15, 0.2) is 0 Å². The summed E-state index contributed by atoms with van der Waals surface area (Å²) in [6.07, 6.45) is -5.11. The third kappa shape index (κ3) is 5.83. The van der Waals surface area contributed by atoms with Gasteiger partial charge < -0.3 is 25.2 Å². The third-order valence-electron chi connectivity index (χ3n) is 3.34. The van der Waals surface area contributed by atoms with Crippen molar-refractivity contribution < 1.29 is 42.4 Å². The Morgan fingerprint density at radius 2 is 1.91 bits per heavy atom. The average Bonchev–Trinajstić information content (AvgIpc) is 2.49. The Balaban J connectivity index is 2.93. The molecule has 1 saturated heterocycles. The van der Waals surface area contributed by atoms with Crippen LogP contribution in [0.4, 0.5) is 0 Å². The standard InChI is InChI=1S/C11H21NO9S2/c1-3-5(2)10(12-21-23(17,18)19)22-11-9(16)8(15)7(14)6(4-13)20-11/h5-9,11,13-16H,3-4H2,1-2H3,(H,17,18,19)/t5?,6-,7-,8+,9-,11+/m1/s1. The number of oxime groups is 1. The number of hydrogen-bond donors (Lipinski definition) is 5. The van der Waals surface area contributed by atoms with Crippen LogP contribution >= 0.6 is 11.8 Å². The molecular weight excluding hydrogens is 354 g/mol. The molecule has 1 aliphatic rings. The molecule has 6 atom stereocenters. The van der Waals surface area contributed by atoms with E-state index in [1.54, 1.807) is 13.8 Å². The van der Waals surface area contributed by atoms with Crippen molar-refractivity contribution in [2.24, 2.45) is 11.1 Å².